The third-order valence-electron chi connectivity index (χ3n) is 2.71. The summed E-state index contributed by atoms with van der Waals surface area (Å²) in [4.78, 5) is 11.8. The van der Waals surface area contributed by atoms with Crippen molar-refractivity contribution in [3.8, 4) is 0 Å². The van der Waals surface area contributed by atoms with E-state index in [4.69, 9.17) is 17.3 Å². The van der Waals surface area contributed by atoms with Gasteiger partial charge in [0.2, 0.25) is 5.91 Å². The number of amides is 1. The molecule has 0 aromatic heterocycles. The minimum Gasteiger partial charge on any atom is -0.397 e. The van der Waals surface area contributed by atoms with Crippen molar-refractivity contribution in [2.75, 3.05) is 11.1 Å². The number of nitrogens with one attached hydrogen (secondary N) is 1. The Bertz CT molecular complexity index is 566. The van der Waals surface area contributed by atoms with Gasteiger partial charge in [-0.2, -0.15) is 0 Å². The number of nitrogen functional groups attached to an aromatic ring is 1. The highest BCUT2D eigenvalue weighted by Gasteiger charge is 2.14. The number of carbonyl (C=O) groups is 1. The zero-order valence-corrected chi connectivity index (χ0v) is 11.0. The van der Waals surface area contributed by atoms with Gasteiger partial charge in [0.15, 0.2) is 0 Å². The van der Waals surface area contributed by atoms with E-state index in [9.17, 15) is 13.6 Å². The minimum atomic E-state index is -0.655. The summed E-state index contributed by atoms with van der Waals surface area (Å²) in [7, 11) is 0. The summed E-state index contributed by atoms with van der Waals surface area (Å²) in [5.41, 5.74) is 5.60. The molecule has 0 atom stereocenters. The van der Waals surface area contributed by atoms with E-state index in [-0.39, 0.29) is 28.4 Å². The highest BCUT2D eigenvalue weighted by molar-refractivity contribution is 6.31. The zero-order valence-electron chi connectivity index (χ0n) is 10.3. The fourth-order valence-corrected chi connectivity index (χ4v) is 1.95. The number of hydrogen-bond acceptors (Lipinski definition) is 2. The molecule has 20 heavy (non-hydrogen) atoms. The topological polar surface area (TPSA) is 55.1 Å². The summed E-state index contributed by atoms with van der Waals surface area (Å²) in [6.07, 6.45) is -0.306. The fraction of sp³-hybridized carbons (Fsp3) is 0.0714. The van der Waals surface area contributed by atoms with Crippen molar-refractivity contribution in [3.63, 3.8) is 0 Å². The van der Waals surface area contributed by atoms with Crippen molar-refractivity contribution < 1.29 is 13.6 Å². The van der Waals surface area contributed by atoms with Crippen LogP contribution >= 0.6 is 11.6 Å². The van der Waals surface area contributed by atoms with Crippen molar-refractivity contribution in [1.82, 2.24) is 0 Å². The van der Waals surface area contributed by atoms with Gasteiger partial charge in [-0.1, -0.05) is 23.7 Å². The summed E-state index contributed by atoms with van der Waals surface area (Å²) >= 11 is 5.82. The first-order valence-electron chi connectivity index (χ1n) is 5.75. The molecule has 0 radical (unpaired) electrons. The van der Waals surface area contributed by atoms with Crippen molar-refractivity contribution in [3.05, 3.63) is 58.6 Å². The van der Waals surface area contributed by atoms with E-state index in [0.717, 1.165) is 0 Å². The second-order valence-electron chi connectivity index (χ2n) is 4.13. The lowest BCUT2D eigenvalue weighted by Crippen LogP contribution is -2.17. The second-order valence-corrected chi connectivity index (χ2v) is 4.54. The predicted octanol–water partition coefficient (Wildman–Crippen LogP) is 3.38. The van der Waals surface area contributed by atoms with E-state index in [2.05, 4.69) is 5.32 Å². The molecule has 0 aliphatic heterocycles. The lowest BCUT2D eigenvalue weighted by Gasteiger charge is -2.10. The van der Waals surface area contributed by atoms with Crippen LogP contribution in [-0.2, 0) is 11.2 Å². The molecular formula is C14H11ClF2N2O. The Balaban J connectivity index is 2.18. The van der Waals surface area contributed by atoms with Crippen LogP contribution in [0.2, 0.25) is 5.02 Å². The van der Waals surface area contributed by atoms with Crippen LogP contribution in [0.1, 0.15) is 5.56 Å². The van der Waals surface area contributed by atoms with E-state index >= 15 is 0 Å². The van der Waals surface area contributed by atoms with Crippen LogP contribution in [0.3, 0.4) is 0 Å². The van der Waals surface area contributed by atoms with Gasteiger partial charge in [0.05, 0.1) is 12.1 Å². The smallest absolute Gasteiger partial charge is 0.229 e. The standard InChI is InChI=1S/C14H11ClF2N2O/c15-9-3-1-4-10(16)8(9)7-13(20)19-14-11(17)5-2-6-12(14)18/h1-6H,7,18H2,(H,19,20). The Labute approximate surface area is 119 Å². The molecule has 0 spiro atoms. The number of halogens is 3. The van der Waals surface area contributed by atoms with Crippen LogP contribution in [0, 0.1) is 11.6 Å². The lowest BCUT2D eigenvalue weighted by molar-refractivity contribution is -0.115. The van der Waals surface area contributed by atoms with Gasteiger partial charge < -0.3 is 11.1 Å². The molecule has 0 aliphatic rings. The first-order valence-corrected chi connectivity index (χ1v) is 6.13. The highest BCUT2D eigenvalue weighted by Crippen LogP contribution is 2.23. The summed E-state index contributed by atoms with van der Waals surface area (Å²) < 4.78 is 27.1. The number of carbonyl (C=O) groups excluding carboxylic acids is 1. The summed E-state index contributed by atoms with van der Waals surface area (Å²) in [6, 6.07) is 8.16. The van der Waals surface area contributed by atoms with Crippen LogP contribution in [0.25, 0.3) is 0 Å². The van der Waals surface area contributed by atoms with Crippen LogP contribution < -0.4 is 11.1 Å². The van der Waals surface area contributed by atoms with Crippen molar-refractivity contribution in [2.45, 2.75) is 6.42 Å². The van der Waals surface area contributed by atoms with E-state index in [0.29, 0.717) is 0 Å². The van der Waals surface area contributed by atoms with E-state index in [1.165, 1.54) is 36.4 Å². The molecule has 2 aromatic carbocycles. The third-order valence-corrected chi connectivity index (χ3v) is 3.06. The largest absolute Gasteiger partial charge is 0.397 e. The molecule has 1 amide bonds. The third kappa shape index (κ3) is 3.05. The Kier molecular flexibility index (Phi) is 4.20. The van der Waals surface area contributed by atoms with Gasteiger partial charge in [-0.3, -0.25) is 4.79 Å². The maximum absolute atomic E-state index is 13.5. The van der Waals surface area contributed by atoms with E-state index < -0.39 is 17.5 Å². The van der Waals surface area contributed by atoms with Crippen LogP contribution in [0.4, 0.5) is 20.2 Å². The molecular weight excluding hydrogens is 286 g/mol. The molecule has 2 rings (SSSR count). The molecule has 0 heterocycles. The van der Waals surface area contributed by atoms with Gasteiger partial charge in [-0.05, 0) is 24.3 Å². The average Bonchev–Trinajstić information content (AvgIpc) is 2.39. The Morgan fingerprint density at radius 1 is 1.15 bits per heavy atom. The van der Waals surface area contributed by atoms with Gasteiger partial charge in [0.1, 0.15) is 17.3 Å². The van der Waals surface area contributed by atoms with Gasteiger partial charge in [-0.15, -0.1) is 0 Å². The van der Waals surface area contributed by atoms with Crippen LogP contribution in [-0.4, -0.2) is 5.91 Å². The summed E-state index contributed by atoms with van der Waals surface area (Å²) in [6.45, 7) is 0. The number of rotatable bonds is 3. The number of hydrogen-bond donors (Lipinski definition) is 2. The molecule has 0 saturated heterocycles. The van der Waals surface area contributed by atoms with Crippen molar-refractivity contribution in [2.24, 2.45) is 0 Å². The predicted molar refractivity (Wildman–Crippen MR) is 74.6 cm³/mol. The van der Waals surface area contributed by atoms with Gasteiger partial charge in [0, 0.05) is 10.6 Å². The zero-order chi connectivity index (χ0) is 14.7. The van der Waals surface area contributed by atoms with Crippen LogP contribution in [0.5, 0.6) is 0 Å². The second kappa shape index (κ2) is 5.88. The molecule has 0 saturated carbocycles. The number of benzene rings is 2. The minimum absolute atomic E-state index is 0.0570. The molecule has 0 fully saturated rings. The Morgan fingerprint density at radius 3 is 2.45 bits per heavy atom. The van der Waals surface area contributed by atoms with Crippen LogP contribution in [0.15, 0.2) is 36.4 Å². The lowest BCUT2D eigenvalue weighted by atomic mass is 10.1. The molecule has 0 bridgehead atoms. The summed E-state index contributed by atoms with van der Waals surface area (Å²) in [5, 5.41) is 2.46. The Hall–Kier alpha value is -2.14. The molecule has 3 nitrogen and oxygen atoms in total. The molecule has 6 heteroatoms. The number of anilines is 2. The molecule has 2 aromatic rings. The first kappa shape index (κ1) is 14.3. The number of nitrogens with two attached hydrogens (primary N) is 1. The molecule has 104 valence electrons. The molecule has 0 unspecified atom stereocenters. The average molecular weight is 297 g/mol. The van der Waals surface area contributed by atoms with E-state index in [1.54, 1.807) is 0 Å². The van der Waals surface area contributed by atoms with Gasteiger partial charge >= 0.3 is 0 Å². The SMILES string of the molecule is Nc1cccc(F)c1NC(=O)Cc1c(F)cccc1Cl. The maximum Gasteiger partial charge on any atom is 0.229 e. The van der Waals surface area contributed by atoms with Gasteiger partial charge in [-0.25, -0.2) is 8.78 Å². The maximum atomic E-state index is 13.5. The Morgan fingerprint density at radius 2 is 1.80 bits per heavy atom. The fourth-order valence-electron chi connectivity index (χ4n) is 1.72. The van der Waals surface area contributed by atoms with Crippen molar-refractivity contribution in [1.29, 1.82) is 0 Å². The first-order chi connectivity index (χ1) is 9.49. The monoisotopic (exact) mass is 296 g/mol. The quantitative estimate of drug-likeness (QED) is 0.853. The van der Waals surface area contributed by atoms with Crippen molar-refractivity contribution >= 4 is 28.9 Å². The number of para-hydroxylation sites is 1. The highest BCUT2D eigenvalue weighted by atomic mass is 35.5. The summed E-state index contributed by atoms with van der Waals surface area (Å²) in [5.74, 6) is -1.85. The van der Waals surface area contributed by atoms with E-state index in [1.807, 2.05) is 0 Å². The molecule has 3 N–H and O–H groups in total. The van der Waals surface area contributed by atoms with Gasteiger partial charge in [0.25, 0.3) is 0 Å². The molecule has 0 aliphatic carbocycles. The normalized spacial score (nSPS) is 10.3.